The van der Waals surface area contributed by atoms with Crippen molar-refractivity contribution in [2.75, 3.05) is 20.2 Å². The summed E-state index contributed by atoms with van der Waals surface area (Å²) in [6.07, 6.45) is 1.71. The maximum Gasteiger partial charge on any atom is 0.311 e. The van der Waals surface area contributed by atoms with Crippen LogP contribution in [0.25, 0.3) is 0 Å². The van der Waals surface area contributed by atoms with Crippen LogP contribution >= 0.6 is 0 Å². The van der Waals surface area contributed by atoms with Crippen LogP contribution in [0.5, 0.6) is 5.75 Å². The molecule has 1 aliphatic heterocycles. The first-order chi connectivity index (χ1) is 13.5. The van der Waals surface area contributed by atoms with Crippen molar-refractivity contribution in [1.29, 1.82) is 0 Å². The van der Waals surface area contributed by atoms with E-state index in [1.807, 2.05) is 37.3 Å². The molecule has 148 valence electrons. The van der Waals surface area contributed by atoms with E-state index >= 15 is 0 Å². The minimum atomic E-state index is -0.421. The van der Waals surface area contributed by atoms with Gasteiger partial charge >= 0.3 is 5.69 Å². The van der Waals surface area contributed by atoms with Gasteiger partial charge in [-0.3, -0.25) is 19.8 Å². The number of rotatable bonds is 6. The van der Waals surface area contributed by atoms with Crippen molar-refractivity contribution in [2.24, 2.45) is 0 Å². The number of nitro benzene ring substituents is 1. The standard InChI is InChI=1S/C21H25N3O4/c1-15-5-3-4-6-18(15)21(25)22-17-9-11-23(12-10-17)14-16-7-8-20(28-2)19(13-16)24(26)27/h3-8,13,17H,9-12,14H2,1-2H3,(H,22,25). The molecule has 0 unspecified atom stereocenters. The van der Waals surface area contributed by atoms with Gasteiger partial charge in [-0.25, -0.2) is 0 Å². The molecule has 1 aliphatic rings. The van der Waals surface area contributed by atoms with Gasteiger partial charge in [-0.1, -0.05) is 24.3 Å². The summed E-state index contributed by atoms with van der Waals surface area (Å²) in [6.45, 7) is 4.24. The van der Waals surface area contributed by atoms with E-state index in [4.69, 9.17) is 4.74 Å². The molecule has 1 heterocycles. The van der Waals surface area contributed by atoms with Crippen LogP contribution < -0.4 is 10.1 Å². The number of aryl methyl sites for hydroxylation is 1. The van der Waals surface area contributed by atoms with E-state index in [2.05, 4.69) is 10.2 Å². The van der Waals surface area contributed by atoms with Gasteiger partial charge in [0.2, 0.25) is 0 Å². The van der Waals surface area contributed by atoms with Gasteiger partial charge in [0.1, 0.15) is 0 Å². The Morgan fingerprint density at radius 3 is 2.61 bits per heavy atom. The van der Waals surface area contributed by atoms with E-state index in [-0.39, 0.29) is 23.4 Å². The predicted molar refractivity (Wildman–Crippen MR) is 107 cm³/mol. The van der Waals surface area contributed by atoms with E-state index in [1.54, 1.807) is 12.1 Å². The van der Waals surface area contributed by atoms with E-state index in [0.29, 0.717) is 6.54 Å². The molecule has 0 atom stereocenters. The first-order valence-corrected chi connectivity index (χ1v) is 9.38. The fraction of sp³-hybridized carbons (Fsp3) is 0.381. The van der Waals surface area contributed by atoms with Crippen LogP contribution in [0.4, 0.5) is 5.69 Å². The summed E-state index contributed by atoms with van der Waals surface area (Å²) in [5.41, 5.74) is 2.56. The highest BCUT2D eigenvalue weighted by molar-refractivity contribution is 5.95. The second-order valence-electron chi connectivity index (χ2n) is 7.10. The van der Waals surface area contributed by atoms with Gasteiger partial charge in [0.15, 0.2) is 5.75 Å². The van der Waals surface area contributed by atoms with Crippen molar-refractivity contribution >= 4 is 11.6 Å². The van der Waals surface area contributed by atoms with E-state index in [1.165, 1.54) is 7.11 Å². The van der Waals surface area contributed by atoms with Crippen molar-refractivity contribution < 1.29 is 14.5 Å². The Labute approximate surface area is 164 Å². The lowest BCUT2D eigenvalue weighted by atomic mass is 10.0. The Balaban J connectivity index is 1.54. The summed E-state index contributed by atoms with van der Waals surface area (Å²) >= 11 is 0. The molecule has 2 aromatic carbocycles. The predicted octanol–water partition coefficient (Wildman–Crippen LogP) is 3.31. The van der Waals surface area contributed by atoms with Crippen molar-refractivity contribution in [3.05, 3.63) is 69.3 Å². The molecule has 7 nitrogen and oxygen atoms in total. The number of ether oxygens (including phenoxy) is 1. The monoisotopic (exact) mass is 383 g/mol. The topological polar surface area (TPSA) is 84.7 Å². The maximum absolute atomic E-state index is 12.5. The minimum absolute atomic E-state index is 0.0135. The fourth-order valence-electron chi connectivity index (χ4n) is 3.56. The van der Waals surface area contributed by atoms with Crippen LogP contribution in [0, 0.1) is 17.0 Å². The largest absolute Gasteiger partial charge is 0.490 e. The number of hydrogen-bond acceptors (Lipinski definition) is 5. The molecular weight excluding hydrogens is 358 g/mol. The molecule has 1 fully saturated rings. The van der Waals surface area contributed by atoms with Gasteiger partial charge in [-0.2, -0.15) is 0 Å². The zero-order valence-electron chi connectivity index (χ0n) is 16.2. The number of nitrogens with one attached hydrogen (secondary N) is 1. The van der Waals surface area contributed by atoms with Gasteiger partial charge < -0.3 is 10.1 Å². The normalized spacial score (nSPS) is 15.2. The molecular formula is C21H25N3O4. The molecule has 1 amide bonds. The highest BCUT2D eigenvalue weighted by Crippen LogP contribution is 2.28. The quantitative estimate of drug-likeness (QED) is 0.611. The van der Waals surface area contributed by atoms with Gasteiger partial charge in [-0.15, -0.1) is 0 Å². The lowest BCUT2D eigenvalue weighted by molar-refractivity contribution is -0.385. The number of nitro groups is 1. The summed E-state index contributed by atoms with van der Waals surface area (Å²) in [5, 5.41) is 14.3. The van der Waals surface area contributed by atoms with Crippen LogP contribution in [0.15, 0.2) is 42.5 Å². The molecule has 1 N–H and O–H groups in total. The second kappa shape index (κ2) is 8.84. The number of carbonyl (C=O) groups is 1. The Kier molecular flexibility index (Phi) is 6.26. The van der Waals surface area contributed by atoms with E-state index < -0.39 is 4.92 Å². The Morgan fingerprint density at radius 2 is 1.96 bits per heavy atom. The SMILES string of the molecule is COc1ccc(CN2CCC(NC(=O)c3ccccc3C)CC2)cc1[N+](=O)[O-]. The summed E-state index contributed by atoms with van der Waals surface area (Å²) < 4.78 is 5.05. The average molecular weight is 383 g/mol. The molecule has 0 aliphatic carbocycles. The molecule has 1 saturated heterocycles. The number of carbonyl (C=O) groups excluding carboxylic acids is 1. The summed E-state index contributed by atoms with van der Waals surface area (Å²) in [4.78, 5) is 25.5. The van der Waals surface area contributed by atoms with Crippen LogP contribution in [-0.2, 0) is 6.54 Å². The van der Waals surface area contributed by atoms with Gasteiger partial charge in [-0.05, 0) is 43.0 Å². The summed E-state index contributed by atoms with van der Waals surface area (Å²) in [6, 6.07) is 12.8. The first kappa shape index (κ1) is 19.8. The summed E-state index contributed by atoms with van der Waals surface area (Å²) in [5.74, 6) is 0.244. The molecule has 3 rings (SSSR count). The summed E-state index contributed by atoms with van der Waals surface area (Å²) in [7, 11) is 1.43. The van der Waals surface area contributed by atoms with Crippen molar-refractivity contribution in [2.45, 2.75) is 32.4 Å². The lowest BCUT2D eigenvalue weighted by Gasteiger charge is -2.32. The third kappa shape index (κ3) is 4.67. The van der Waals surface area contributed by atoms with E-state index in [0.717, 1.165) is 42.6 Å². The van der Waals surface area contributed by atoms with Gasteiger partial charge in [0.05, 0.1) is 12.0 Å². The second-order valence-corrected chi connectivity index (χ2v) is 7.10. The number of piperidine rings is 1. The molecule has 0 saturated carbocycles. The number of likely N-dealkylation sites (tertiary alicyclic amines) is 1. The molecule has 0 aromatic heterocycles. The van der Waals surface area contributed by atoms with Crippen LogP contribution in [-0.4, -0.2) is 42.0 Å². The fourth-order valence-corrected chi connectivity index (χ4v) is 3.56. The third-order valence-electron chi connectivity index (χ3n) is 5.16. The Morgan fingerprint density at radius 1 is 1.25 bits per heavy atom. The van der Waals surface area contributed by atoms with Crippen molar-refractivity contribution in [3.8, 4) is 5.75 Å². The van der Waals surface area contributed by atoms with Crippen LogP contribution in [0.2, 0.25) is 0 Å². The molecule has 0 bridgehead atoms. The number of benzene rings is 2. The van der Waals surface area contributed by atoms with Gasteiger partial charge in [0, 0.05) is 37.3 Å². The van der Waals surface area contributed by atoms with E-state index in [9.17, 15) is 14.9 Å². The zero-order chi connectivity index (χ0) is 20.1. The highest BCUT2D eigenvalue weighted by Gasteiger charge is 2.23. The number of nitrogens with zero attached hydrogens (tertiary/aromatic N) is 2. The van der Waals surface area contributed by atoms with Gasteiger partial charge in [0.25, 0.3) is 5.91 Å². The zero-order valence-corrected chi connectivity index (χ0v) is 16.2. The molecule has 0 spiro atoms. The van der Waals surface area contributed by atoms with Crippen LogP contribution in [0.3, 0.4) is 0 Å². The molecule has 0 radical (unpaired) electrons. The number of methoxy groups -OCH3 is 1. The van der Waals surface area contributed by atoms with Crippen molar-refractivity contribution in [3.63, 3.8) is 0 Å². The minimum Gasteiger partial charge on any atom is -0.490 e. The molecule has 28 heavy (non-hydrogen) atoms. The van der Waals surface area contributed by atoms with Crippen molar-refractivity contribution in [1.82, 2.24) is 10.2 Å². The first-order valence-electron chi connectivity index (χ1n) is 9.38. The molecule has 2 aromatic rings. The number of hydrogen-bond donors (Lipinski definition) is 1. The third-order valence-corrected chi connectivity index (χ3v) is 5.16. The average Bonchev–Trinajstić information content (AvgIpc) is 2.69. The lowest BCUT2D eigenvalue weighted by Crippen LogP contribution is -2.44. The number of amides is 1. The smallest absolute Gasteiger partial charge is 0.311 e. The Hall–Kier alpha value is -2.93. The Bertz CT molecular complexity index is 860. The molecule has 7 heteroatoms. The highest BCUT2D eigenvalue weighted by atomic mass is 16.6. The maximum atomic E-state index is 12.5. The van der Waals surface area contributed by atoms with Crippen LogP contribution in [0.1, 0.15) is 34.3 Å².